The molecule has 1 aromatic rings. The molecule has 0 saturated carbocycles. The summed E-state index contributed by atoms with van der Waals surface area (Å²) in [6.07, 6.45) is 4.02. The highest BCUT2D eigenvalue weighted by Gasteiger charge is 2.30. The van der Waals surface area contributed by atoms with Crippen LogP contribution in [0.15, 0.2) is 30.0 Å². The summed E-state index contributed by atoms with van der Waals surface area (Å²) in [7, 11) is 7.71. The van der Waals surface area contributed by atoms with Gasteiger partial charge in [-0.25, -0.2) is 0 Å². The average Bonchev–Trinajstić information content (AvgIpc) is 2.46. The molecule has 0 amide bonds. The minimum absolute atomic E-state index is 0.845. The number of methoxy groups -OCH3 is 1. The Morgan fingerprint density at radius 1 is 1.26 bits per heavy atom. The van der Waals surface area contributed by atoms with Gasteiger partial charge in [0, 0.05) is 25.4 Å². The lowest BCUT2D eigenvalue weighted by Crippen LogP contribution is -2.43. The van der Waals surface area contributed by atoms with E-state index in [1.165, 1.54) is 11.1 Å². The summed E-state index contributed by atoms with van der Waals surface area (Å²) in [6.45, 7) is 6.72. The number of benzene rings is 1. The van der Waals surface area contributed by atoms with E-state index in [0.29, 0.717) is 0 Å². The van der Waals surface area contributed by atoms with Crippen LogP contribution in [-0.2, 0) is 6.54 Å². The molecule has 1 atom stereocenters. The van der Waals surface area contributed by atoms with Gasteiger partial charge < -0.3 is 19.6 Å². The number of nitrogens with zero attached hydrogens (tertiary/aromatic N) is 2. The van der Waals surface area contributed by atoms with Crippen molar-refractivity contribution in [1.82, 2.24) is 9.80 Å². The average molecular weight is 316 g/mol. The van der Waals surface area contributed by atoms with Crippen molar-refractivity contribution in [2.45, 2.75) is 33.0 Å². The number of hydrogen-bond acceptors (Lipinski definition) is 4. The van der Waals surface area contributed by atoms with Crippen LogP contribution in [0.25, 0.3) is 5.57 Å². The van der Waals surface area contributed by atoms with E-state index in [0.717, 1.165) is 29.0 Å². The van der Waals surface area contributed by atoms with Gasteiger partial charge in [0.25, 0.3) is 0 Å². The standard InChI is InChI=1S/C19H28N2O2/c1-13-8-15(10-18(23-7)17(13)12-20(4)5)16-9-14(2)19(3,22)21(6)11-16/h8-11,22H,12H2,1-7H3. The number of ether oxygens (including phenoxy) is 1. The Labute approximate surface area is 139 Å². The number of hydrogen-bond donors (Lipinski definition) is 1. The lowest BCUT2D eigenvalue weighted by atomic mass is 9.92. The molecule has 0 aromatic heterocycles. The van der Waals surface area contributed by atoms with Gasteiger partial charge in [-0.3, -0.25) is 0 Å². The highest BCUT2D eigenvalue weighted by Crippen LogP contribution is 2.34. The molecule has 4 nitrogen and oxygen atoms in total. The van der Waals surface area contributed by atoms with Crippen LogP contribution in [0.5, 0.6) is 5.75 Å². The summed E-state index contributed by atoms with van der Waals surface area (Å²) in [5, 5.41) is 10.5. The largest absolute Gasteiger partial charge is 0.496 e. The Kier molecular flexibility index (Phi) is 4.87. The molecule has 126 valence electrons. The molecule has 2 rings (SSSR count). The van der Waals surface area contributed by atoms with Gasteiger partial charge in [-0.2, -0.15) is 0 Å². The van der Waals surface area contributed by atoms with Crippen LogP contribution in [0.2, 0.25) is 0 Å². The van der Waals surface area contributed by atoms with Crippen LogP contribution in [0.4, 0.5) is 0 Å². The molecule has 0 aliphatic carbocycles. The maximum absolute atomic E-state index is 10.5. The first-order valence-electron chi connectivity index (χ1n) is 7.85. The normalized spacial score (nSPS) is 21.3. The lowest BCUT2D eigenvalue weighted by Gasteiger charge is -2.37. The molecule has 0 fully saturated rings. The van der Waals surface area contributed by atoms with E-state index in [1.54, 1.807) is 14.0 Å². The maximum atomic E-state index is 10.5. The number of aliphatic hydroxyl groups is 1. The zero-order chi connectivity index (χ0) is 17.4. The van der Waals surface area contributed by atoms with Crippen LogP contribution < -0.4 is 4.74 Å². The Hall–Kier alpha value is -1.78. The molecule has 0 radical (unpaired) electrons. The van der Waals surface area contributed by atoms with Gasteiger partial charge in [0.05, 0.1) is 7.11 Å². The van der Waals surface area contributed by atoms with Crippen molar-refractivity contribution < 1.29 is 9.84 Å². The molecule has 1 heterocycles. The molecular weight excluding hydrogens is 288 g/mol. The van der Waals surface area contributed by atoms with E-state index in [4.69, 9.17) is 4.74 Å². The molecule has 1 aromatic carbocycles. The van der Waals surface area contributed by atoms with E-state index < -0.39 is 5.72 Å². The second kappa shape index (κ2) is 6.38. The third-order valence-electron chi connectivity index (χ3n) is 4.60. The van der Waals surface area contributed by atoms with Crippen molar-refractivity contribution in [3.63, 3.8) is 0 Å². The molecule has 1 aliphatic heterocycles. The summed E-state index contributed by atoms with van der Waals surface area (Å²) >= 11 is 0. The first-order valence-corrected chi connectivity index (χ1v) is 7.85. The van der Waals surface area contributed by atoms with Crippen molar-refractivity contribution in [3.8, 4) is 5.75 Å². The van der Waals surface area contributed by atoms with Crippen LogP contribution in [0.1, 0.15) is 30.5 Å². The summed E-state index contributed by atoms with van der Waals surface area (Å²) in [5.74, 6) is 0.903. The smallest absolute Gasteiger partial charge is 0.156 e. The van der Waals surface area contributed by atoms with Crippen LogP contribution >= 0.6 is 0 Å². The fourth-order valence-corrected chi connectivity index (χ4v) is 2.83. The van der Waals surface area contributed by atoms with Gasteiger partial charge in [-0.05, 0) is 69.3 Å². The van der Waals surface area contributed by atoms with Gasteiger partial charge in [-0.15, -0.1) is 0 Å². The molecule has 1 unspecified atom stereocenters. The first kappa shape index (κ1) is 17.6. The quantitative estimate of drug-likeness (QED) is 0.926. The van der Waals surface area contributed by atoms with Gasteiger partial charge in [0.2, 0.25) is 0 Å². The predicted molar refractivity (Wildman–Crippen MR) is 95.2 cm³/mol. The fourth-order valence-electron chi connectivity index (χ4n) is 2.83. The molecular formula is C19H28N2O2. The minimum Gasteiger partial charge on any atom is -0.496 e. The van der Waals surface area contributed by atoms with Gasteiger partial charge >= 0.3 is 0 Å². The zero-order valence-corrected chi connectivity index (χ0v) is 15.3. The third-order valence-corrected chi connectivity index (χ3v) is 4.60. The topological polar surface area (TPSA) is 35.9 Å². The van der Waals surface area contributed by atoms with E-state index in [2.05, 4.69) is 38.1 Å². The summed E-state index contributed by atoms with van der Waals surface area (Å²) < 4.78 is 5.62. The van der Waals surface area contributed by atoms with Crippen LogP contribution in [0, 0.1) is 6.92 Å². The van der Waals surface area contributed by atoms with Crippen LogP contribution in [-0.4, -0.2) is 48.9 Å². The van der Waals surface area contributed by atoms with E-state index >= 15 is 0 Å². The summed E-state index contributed by atoms with van der Waals surface area (Å²) in [5.41, 5.74) is 4.58. The third kappa shape index (κ3) is 3.43. The molecule has 23 heavy (non-hydrogen) atoms. The Balaban J connectivity index is 2.48. The number of aryl methyl sites for hydroxylation is 1. The monoisotopic (exact) mass is 316 g/mol. The first-order chi connectivity index (χ1) is 10.7. The minimum atomic E-state index is -0.937. The fraction of sp³-hybridized carbons (Fsp3) is 0.474. The van der Waals surface area contributed by atoms with Crippen molar-refractivity contribution in [1.29, 1.82) is 0 Å². The van der Waals surface area contributed by atoms with Gasteiger partial charge in [-0.1, -0.05) is 6.07 Å². The van der Waals surface area contributed by atoms with E-state index in [9.17, 15) is 5.11 Å². The molecule has 0 saturated heterocycles. The lowest BCUT2D eigenvalue weighted by molar-refractivity contribution is -0.0195. The molecule has 1 aliphatic rings. The summed E-state index contributed by atoms with van der Waals surface area (Å²) in [6, 6.07) is 4.26. The molecule has 1 N–H and O–H groups in total. The van der Waals surface area contributed by atoms with Crippen LogP contribution in [0.3, 0.4) is 0 Å². The Bertz CT molecular complexity index is 658. The van der Waals surface area contributed by atoms with Crippen molar-refractivity contribution in [3.05, 3.63) is 46.7 Å². The number of allylic oxidation sites excluding steroid dienone is 2. The highest BCUT2D eigenvalue weighted by molar-refractivity contribution is 5.77. The number of rotatable bonds is 4. The molecule has 4 heteroatoms. The molecule has 0 spiro atoms. The maximum Gasteiger partial charge on any atom is 0.156 e. The second-order valence-electron chi connectivity index (χ2n) is 6.76. The summed E-state index contributed by atoms with van der Waals surface area (Å²) in [4.78, 5) is 3.98. The SMILES string of the molecule is COc1cc(C2=CN(C)C(C)(O)C(C)=C2)cc(C)c1CN(C)C. The van der Waals surface area contributed by atoms with Gasteiger partial charge in [0.15, 0.2) is 5.72 Å². The van der Waals surface area contributed by atoms with Crippen molar-refractivity contribution in [2.24, 2.45) is 0 Å². The number of likely N-dealkylation sites (N-methyl/N-ethyl adjacent to an activating group) is 1. The van der Waals surface area contributed by atoms with Crippen molar-refractivity contribution >= 4 is 5.57 Å². The Morgan fingerprint density at radius 2 is 1.91 bits per heavy atom. The second-order valence-corrected chi connectivity index (χ2v) is 6.76. The van der Waals surface area contributed by atoms with Crippen molar-refractivity contribution in [2.75, 3.05) is 28.3 Å². The zero-order valence-electron chi connectivity index (χ0n) is 15.3. The highest BCUT2D eigenvalue weighted by atomic mass is 16.5. The van der Waals surface area contributed by atoms with E-state index in [-0.39, 0.29) is 0 Å². The Morgan fingerprint density at radius 3 is 2.43 bits per heavy atom. The van der Waals surface area contributed by atoms with Gasteiger partial charge in [0.1, 0.15) is 5.75 Å². The van der Waals surface area contributed by atoms with E-state index in [1.807, 2.05) is 31.1 Å². The molecule has 0 bridgehead atoms. The predicted octanol–water partition coefficient (Wildman–Crippen LogP) is 3.01.